The summed E-state index contributed by atoms with van der Waals surface area (Å²) in [5, 5.41) is 27.8. The zero-order valence-corrected chi connectivity index (χ0v) is 29.3. The lowest BCUT2D eigenvalue weighted by Gasteiger charge is -2.11. The monoisotopic (exact) mass is 773 g/mol. The molecule has 0 unspecified atom stereocenters. The minimum atomic E-state index is -0.690. The fourth-order valence-corrected chi connectivity index (χ4v) is 4.88. The quantitative estimate of drug-likeness (QED) is 0.114. The molecule has 0 saturated carbocycles. The molecule has 0 spiro atoms. The first-order chi connectivity index (χ1) is 27.6. The van der Waals surface area contributed by atoms with Crippen molar-refractivity contribution in [3.63, 3.8) is 0 Å². The molecule has 0 aliphatic heterocycles. The van der Waals surface area contributed by atoms with Crippen LogP contribution in [-0.4, -0.2) is 42.4 Å². The van der Waals surface area contributed by atoms with E-state index in [9.17, 15) is 27.2 Å². The van der Waals surface area contributed by atoms with E-state index in [1.807, 2.05) is 6.07 Å². The van der Waals surface area contributed by atoms with Gasteiger partial charge in [-0.05, 0) is 89.1 Å². The Kier molecular flexibility index (Phi) is 12.5. The van der Waals surface area contributed by atoms with E-state index in [2.05, 4.69) is 41.2 Å². The molecule has 7 rings (SSSR count). The third kappa shape index (κ3) is 10.8. The number of rotatable bonds is 11. The second kappa shape index (κ2) is 18.4. The number of nitriles is 1. The molecule has 17 heteroatoms. The average Bonchev–Trinajstić information content (AvgIpc) is 3.78. The topological polar surface area (TPSA) is 181 Å². The number of halogens is 4. The van der Waals surface area contributed by atoms with E-state index < -0.39 is 35.1 Å². The number of nitrogens with one attached hydrogen (secondary N) is 3. The number of ether oxygens (including phenoxy) is 2. The van der Waals surface area contributed by atoms with Crippen LogP contribution in [0.2, 0.25) is 0 Å². The standard InChI is InChI=1S/C20H14F2N6O2.C20H13F2N3O2/c21-14-5-7-16(8-6-14)30-20-17(9-15(22)11-24-20)19(29)23-10-12-1-3-13(4-2-12)18-25-27-28-26-18;21-15-5-7-17(8-6-15)27-20-18(9-16(22)12-25-20)19(26)24-11-14-3-1-13(10-23)2-4-14/h1-9,11H,10H2,(H,23,29)(H,25,26,27,28);1-9,12H,11H2,(H,24,26). The van der Waals surface area contributed by atoms with Crippen LogP contribution < -0.4 is 20.1 Å². The number of H-pyrrole nitrogens is 1. The molecule has 0 radical (unpaired) electrons. The summed E-state index contributed by atoms with van der Waals surface area (Å²) in [6, 6.07) is 28.2. The highest BCUT2D eigenvalue weighted by atomic mass is 19.1. The van der Waals surface area contributed by atoms with Gasteiger partial charge >= 0.3 is 0 Å². The fourth-order valence-electron chi connectivity index (χ4n) is 4.88. The van der Waals surface area contributed by atoms with Crippen molar-refractivity contribution in [2.24, 2.45) is 0 Å². The minimum Gasteiger partial charge on any atom is -0.438 e. The van der Waals surface area contributed by atoms with Crippen LogP contribution in [0.25, 0.3) is 11.4 Å². The van der Waals surface area contributed by atoms with Gasteiger partial charge in [0.25, 0.3) is 11.8 Å². The molecule has 3 heterocycles. The maximum absolute atomic E-state index is 13.7. The molecular weight excluding hydrogens is 746 g/mol. The summed E-state index contributed by atoms with van der Waals surface area (Å²) in [6.45, 7) is 0.370. The number of carbonyl (C=O) groups excluding carboxylic acids is 2. The maximum atomic E-state index is 13.7. The lowest BCUT2D eigenvalue weighted by Crippen LogP contribution is -2.23. The molecule has 57 heavy (non-hydrogen) atoms. The fraction of sp³-hybridized carbons (Fsp3) is 0.0500. The maximum Gasteiger partial charge on any atom is 0.257 e. The van der Waals surface area contributed by atoms with Crippen LogP contribution in [-0.2, 0) is 13.1 Å². The van der Waals surface area contributed by atoms with E-state index in [1.54, 1.807) is 48.5 Å². The Hall–Kier alpha value is -8.00. The highest BCUT2D eigenvalue weighted by Crippen LogP contribution is 2.26. The van der Waals surface area contributed by atoms with Gasteiger partial charge in [-0.1, -0.05) is 36.4 Å². The number of amides is 2. The number of nitrogens with zero attached hydrogens (tertiary/aromatic N) is 6. The van der Waals surface area contributed by atoms with Crippen molar-refractivity contribution in [3.8, 4) is 40.7 Å². The van der Waals surface area contributed by atoms with E-state index in [0.717, 1.165) is 41.2 Å². The molecule has 0 bridgehead atoms. The number of benzene rings is 4. The average molecular weight is 774 g/mol. The second-order valence-electron chi connectivity index (χ2n) is 11.7. The van der Waals surface area contributed by atoms with Crippen LogP contribution in [0.4, 0.5) is 17.6 Å². The Morgan fingerprint density at radius 1 is 0.632 bits per heavy atom. The first-order valence-corrected chi connectivity index (χ1v) is 16.7. The Labute approximate surface area is 321 Å². The molecule has 3 aromatic heterocycles. The molecule has 0 saturated heterocycles. The first-order valence-electron chi connectivity index (χ1n) is 16.7. The van der Waals surface area contributed by atoms with Gasteiger partial charge in [-0.15, -0.1) is 10.2 Å². The number of tetrazole rings is 1. The van der Waals surface area contributed by atoms with E-state index >= 15 is 0 Å². The van der Waals surface area contributed by atoms with E-state index in [1.165, 1.54) is 48.5 Å². The molecule has 0 atom stereocenters. The van der Waals surface area contributed by atoms with Crippen molar-refractivity contribution in [1.82, 2.24) is 41.2 Å². The van der Waals surface area contributed by atoms with E-state index in [-0.39, 0.29) is 47.5 Å². The smallest absolute Gasteiger partial charge is 0.257 e. The molecule has 4 aromatic carbocycles. The summed E-state index contributed by atoms with van der Waals surface area (Å²) in [5.41, 5.74) is 2.68. The largest absolute Gasteiger partial charge is 0.438 e. The van der Waals surface area contributed by atoms with Gasteiger partial charge in [0.15, 0.2) is 0 Å². The molecule has 13 nitrogen and oxygen atoms in total. The predicted octanol–water partition coefficient (Wildman–Crippen LogP) is 7.22. The van der Waals surface area contributed by atoms with Gasteiger partial charge in [0.2, 0.25) is 17.6 Å². The lowest BCUT2D eigenvalue weighted by atomic mass is 10.1. The van der Waals surface area contributed by atoms with Gasteiger partial charge in [-0.3, -0.25) is 9.59 Å². The van der Waals surface area contributed by atoms with Crippen molar-refractivity contribution in [1.29, 1.82) is 5.26 Å². The molecular formula is C40H27F4N9O4. The SMILES string of the molecule is N#Cc1ccc(CNC(=O)c2cc(F)cnc2Oc2ccc(F)cc2)cc1.O=C(NCc1ccc(-c2nn[nH]n2)cc1)c1cc(F)cnc1Oc1ccc(F)cc1. The van der Waals surface area contributed by atoms with Crippen molar-refractivity contribution in [2.75, 3.05) is 0 Å². The summed E-state index contributed by atoms with van der Waals surface area (Å²) < 4.78 is 64.3. The molecule has 0 aliphatic rings. The summed E-state index contributed by atoms with van der Waals surface area (Å²) >= 11 is 0. The zero-order chi connectivity index (χ0) is 40.1. The second-order valence-corrected chi connectivity index (χ2v) is 11.7. The Balaban J connectivity index is 0.000000194. The first kappa shape index (κ1) is 38.7. The number of pyridine rings is 2. The Bertz CT molecular complexity index is 2500. The van der Waals surface area contributed by atoms with Crippen LogP contribution in [0.15, 0.2) is 122 Å². The van der Waals surface area contributed by atoms with Gasteiger partial charge in [-0.25, -0.2) is 27.5 Å². The Morgan fingerprint density at radius 2 is 1.09 bits per heavy atom. The lowest BCUT2D eigenvalue weighted by molar-refractivity contribution is 0.0939. The van der Waals surface area contributed by atoms with Crippen molar-refractivity contribution in [3.05, 3.63) is 173 Å². The summed E-state index contributed by atoms with van der Waals surface area (Å²) in [6.07, 6.45) is 1.86. The summed E-state index contributed by atoms with van der Waals surface area (Å²) in [7, 11) is 0. The molecule has 0 fully saturated rings. The van der Waals surface area contributed by atoms with Gasteiger partial charge in [0, 0.05) is 18.7 Å². The number of aromatic amines is 1. The summed E-state index contributed by atoms with van der Waals surface area (Å²) in [5.74, 6) is -2.59. The number of aromatic nitrogens is 6. The van der Waals surface area contributed by atoms with Crippen molar-refractivity contribution >= 4 is 11.8 Å². The molecule has 2 amide bonds. The third-order valence-corrected chi connectivity index (χ3v) is 7.73. The predicted molar refractivity (Wildman–Crippen MR) is 194 cm³/mol. The Morgan fingerprint density at radius 3 is 1.51 bits per heavy atom. The van der Waals surface area contributed by atoms with Crippen molar-refractivity contribution < 1.29 is 36.6 Å². The number of hydrogen-bond donors (Lipinski definition) is 3. The van der Waals surface area contributed by atoms with Crippen molar-refractivity contribution in [2.45, 2.75) is 13.1 Å². The minimum absolute atomic E-state index is 0.0808. The highest BCUT2D eigenvalue weighted by molar-refractivity contribution is 5.97. The van der Waals surface area contributed by atoms with Gasteiger partial charge in [-0.2, -0.15) is 10.5 Å². The number of carbonyl (C=O) groups is 2. The summed E-state index contributed by atoms with van der Waals surface area (Å²) in [4.78, 5) is 32.7. The van der Waals surface area contributed by atoms with Gasteiger partial charge in [0.1, 0.15) is 45.9 Å². The van der Waals surface area contributed by atoms with Gasteiger partial charge < -0.3 is 20.1 Å². The van der Waals surface area contributed by atoms with E-state index in [0.29, 0.717) is 11.4 Å². The third-order valence-electron chi connectivity index (χ3n) is 7.73. The van der Waals surface area contributed by atoms with Crippen LogP contribution in [0, 0.1) is 34.6 Å². The van der Waals surface area contributed by atoms with Crippen LogP contribution >= 0.6 is 0 Å². The molecule has 3 N–H and O–H groups in total. The van der Waals surface area contributed by atoms with Gasteiger partial charge in [0.05, 0.1) is 24.0 Å². The zero-order valence-electron chi connectivity index (χ0n) is 29.3. The number of hydrogen-bond acceptors (Lipinski definition) is 10. The molecule has 284 valence electrons. The highest BCUT2D eigenvalue weighted by Gasteiger charge is 2.18. The molecule has 0 aliphatic carbocycles. The van der Waals surface area contributed by atoms with Crippen LogP contribution in [0.5, 0.6) is 23.3 Å². The van der Waals surface area contributed by atoms with E-state index in [4.69, 9.17) is 14.7 Å². The normalized spacial score (nSPS) is 10.4. The molecule has 7 aromatic rings. The van der Waals surface area contributed by atoms with Crippen LogP contribution in [0.1, 0.15) is 37.4 Å². The van der Waals surface area contributed by atoms with Crippen LogP contribution in [0.3, 0.4) is 0 Å².